The van der Waals surface area contributed by atoms with Gasteiger partial charge in [-0.2, -0.15) is 13.2 Å². The highest BCUT2D eigenvalue weighted by atomic mass is 79.9. The van der Waals surface area contributed by atoms with Crippen LogP contribution >= 0.6 is 15.9 Å². The summed E-state index contributed by atoms with van der Waals surface area (Å²) in [6.07, 6.45) is -4.07. The molecule has 1 atom stereocenters. The number of sulfonamides is 1. The first-order chi connectivity index (χ1) is 18.8. The quantitative estimate of drug-likeness (QED) is 0.296. The highest BCUT2D eigenvalue weighted by molar-refractivity contribution is 9.10. The molecule has 0 radical (unpaired) electrons. The molecule has 2 amide bonds. The number of anilines is 1. The van der Waals surface area contributed by atoms with E-state index in [1.54, 1.807) is 30.3 Å². The summed E-state index contributed by atoms with van der Waals surface area (Å²) in [6, 6.07) is 16.9. The molecular formula is C28H29BrF3N3O4S. The Bertz CT molecular complexity index is 1420. The smallest absolute Gasteiger partial charge is 0.354 e. The summed E-state index contributed by atoms with van der Waals surface area (Å²) in [5, 5.41) is 2.73. The van der Waals surface area contributed by atoms with Gasteiger partial charge in [-0.3, -0.25) is 13.9 Å². The van der Waals surface area contributed by atoms with Gasteiger partial charge in [-0.1, -0.05) is 59.3 Å². The molecule has 0 saturated carbocycles. The number of hydrogen-bond acceptors (Lipinski definition) is 4. The molecular weight excluding hydrogens is 611 g/mol. The minimum Gasteiger partial charge on any atom is -0.354 e. The van der Waals surface area contributed by atoms with Crippen molar-refractivity contribution in [1.82, 2.24) is 10.2 Å². The second kappa shape index (κ2) is 13.3. The van der Waals surface area contributed by atoms with E-state index in [9.17, 15) is 31.2 Å². The molecule has 0 aliphatic rings. The zero-order valence-electron chi connectivity index (χ0n) is 21.9. The number of carbonyl (C=O) groups is 2. The van der Waals surface area contributed by atoms with Crippen LogP contribution in [0.25, 0.3) is 0 Å². The van der Waals surface area contributed by atoms with Gasteiger partial charge in [-0.05, 0) is 61.4 Å². The minimum absolute atomic E-state index is 0.0331. The third-order valence-corrected chi connectivity index (χ3v) is 8.37. The van der Waals surface area contributed by atoms with Gasteiger partial charge in [-0.25, -0.2) is 8.42 Å². The number of amides is 2. The van der Waals surface area contributed by atoms with Crippen LogP contribution in [0.2, 0.25) is 0 Å². The van der Waals surface area contributed by atoms with Gasteiger partial charge < -0.3 is 10.2 Å². The SMILES string of the molecule is CCCNC(=O)[C@@H](C)N(Cc1ccc(Br)cc1)C(=O)CN(c1cccc(C(F)(F)F)c1)S(=O)(=O)c1ccccc1. The maximum Gasteiger partial charge on any atom is 0.416 e. The molecule has 0 spiro atoms. The van der Waals surface area contributed by atoms with E-state index < -0.39 is 46.2 Å². The summed E-state index contributed by atoms with van der Waals surface area (Å²) in [6.45, 7) is 2.90. The van der Waals surface area contributed by atoms with Crippen LogP contribution in [0, 0.1) is 0 Å². The van der Waals surface area contributed by atoms with E-state index in [4.69, 9.17) is 0 Å². The van der Waals surface area contributed by atoms with E-state index in [2.05, 4.69) is 21.2 Å². The molecule has 0 aliphatic carbocycles. The van der Waals surface area contributed by atoms with Crippen LogP contribution in [0.4, 0.5) is 18.9 Å². The minimum atomic E-state index is -4.73. The molecule has 0 aromatic heterocycles. The van der Waals surface area contributed by atoms with Crippen molar-refractivity contribution in [1.29, 1.82) is 0 Å². The fraction of sp³-hybridized carbons (Fsp3) is 0.286. The number of nitrogens with one attached hydrogen (secondary N) is 1. The van der Waals surface area contributed by atoms with Crippen LogP contribution in [0.15, 0.2) is 88.2 Å². The fourth-order valence-corrected chi connectivity index (χ4v) is 5.54. The molecule has 3 rings (SSSR count). The molecule has 0 unspecified atom stereocenters. The van der Waals surface area contributed by atoms with Crippen molar-refractivity contribution in [3.63, 3.8) is 0 Å². The lowest BCUT2D eigenvalue weighted by molar-refractivity contribution is -0.139. The normalized spacial score (nSPS) is 12.4. The maximum absolute atomic E-state index is 13.8. The molecule has 0 heterocycles. The molecule has 0 bridgehead atoms. The maximum atomic E-state index is 13.8. The van der Waals surface area contributed by atoms with E-state index in [-0.39, 0.29) is 17.1 Å². The second-order valence-corrected chi connectivity index (χ2v) is 11.8. The van der Waals surface area contributed by atoms with Gasteiger partial charge in [0.05, 0.1) is 16.1 Å². The highest BCUT2D eigenvalue weighted by Gasteiger charge is 2.35. The molecule has 3 aromatic rings. The molecule has 40 heavy (non-hydrogen) atoms. The summed E-state index contributed by atoms with van der Waals surface area (Å²) in [7, 11) is -4.47. The average molecular weight is 641 g/mol. The van der Waals surface area contributed by atoms with E-state index >= 15 is 0 Å². The van der Waals surface area contributed by atoms with E-state index in [1.165, 1.54) is 42.2 Å². The molecule has 3 aromatic carbocycles. The van der Waals surface area contributed by atoms with Crippen molar-refractivity contribution in [3.05, 3.63) is 94.5 Å². The van der Waals surface area contributed by atoms with Crippen molar-refractivity contribution in [2.75, 3.05) is 17.4 Å². The number of carbonyl (C=O) groups excluding carboxylic acids is 2. The summed E-state index contributed by atoms with van der Waals surface area (Å²) in [4.78, 5) is 27.7. The van der Waals surface area contributed by atoms with Crippen molar-refractivity contribution < 1.29 is 31.2 Å². The number of hydrogen-bond donors (Lipinski definition) is 1. The van der Waals surface area contributed by atoms with Gasteiger partial charge in [0, 0.05) is 17.6 Å². The van der Waals surface area contributed by atoms with Gasteiger partial charge in [0.15, 0.2) is 0 Å². The van der Waals surface area contributed by atoms with Crippen LogP contribution in [-0.4, -0.2) is 44.3 Å². The standard InChI is InChI=1S/C28H29BrF3N3O4S/c1-3-16-33-27(37)20(2)34(18-21-12-14-23(29)15-13-21)26(36)19-35(40(38,39)25-10-5-4-6-11-25)24-9-7-8-22(17-24)28(30,31)32/h4-15,17,20H,3,16,18-19H2,1-2H3,(H,33,37)/t20-/m1/s1. The van der Waals surface area contributed by atoms with Gasteiger partial charge in [0.1, 0.15) is 12.6 Å². The van der Waals surface area contributed by atoms with Crippen molar-refractivity contribution in [2.24, 2.45) is 0 Å². The summed E-state index contributed by atoms with van der Waals surface area (Å²) >= 11 is 3.35. The third kappa shape index (κ3) is 7.85. The largest absolute Gasteiger partial charge is 0.416 e. The first-order valence-electron chi connectivity index (χ1n) is 12.4. The molecule has 0 aliphatic heterocycles. The Morgan fingerprint density at radius 3 is 2.23 bits per heavy atom. The summed E-state index contributed by atoms with van der Waals surface area (Å²) < 4.78 is 69.4. The van der Waals surface area contributed by atoms with Crippen LogP contribution in [0.5, 0.6) is 0 Å². The highest BCUT2D eigenvalue weighted by Crippen LogP contribution is 2.33. The lowest BCUT2D eigenvalue weighted by atomic mass is 10.1. The first kappa shape index (κ1) is 31.2. The monoisotopic (exact) mass is 639 g/mol. The van der Waals surface area contributed by atoms with Crippen molar-refractivity contribution >= 4 is 43.5 Å². The lowest BCUT2D eigenvalue weighted by Crippen LogP contribution is -2.51. The van der Waals surface area contributed by atoms with Crippen LogP contribution in [0.3, 0.4) is 0 Å². The Labute approximate surface area is 240 Å². The Kier molecular flexibility index (Phi) is 10.4. The van der Waals surface area contributed by atoms with Crippen molar-refractivity contribution in [3.8, 4) is 0 Å². The van der Waals surface area contributed by atoms with Crippen molar-refractivity contribution in [2.45, 2.75) is 43.9 Å². The number of halogens is 4. The Hall–Kier alpha value is -3.38. The van der Waals surface area contributed by atoms with E-state index in [0.29, 0.717) is 28.9 Å². The molecule has 0 fully saturated rings. The number of alkyl halides is 3. The topological polar surface area (TPSA) is 86.8 Å². The lowest BCUT2D eigenvalue weighted by Gasteiger charge is -2.32. The third-order valence-electron chi connectivity index (χ3n) is 6.05. The van der Waals surface area contributed by atoms with E-state index in [1.807, 2.05) is 6.92 Å². The molecule has 1 N–H and O–H groups in total. The molecule has 0 saturated heterocycles. The number of benzene rings is 3. The van der Waals surface area contributed by atoms with Crippen LogP contribution in [-0.2, 0) is 32.3 Å². The Balaban J connectivity index is 2.06. The summed E-state index contributed by atoms with van der Waals surface area (Å²) in [5.74, 6) is -1.21. The number of rotatable bonds is 11. The van der Waals surface area contributed by atoms with E-state index in [0.717, 1.165) is 16.6 Å². The second-order valence-electron chi connectivity index (χ2n) is 8.99. The van der Waals surface area contributed by atoms with Crippen LogP contribution < -0.4 is 9.62 Å². The molecule has 214 valence electrons. The van der Waals surface area contributed by atoms with Gasteiger partial charge in [-0.15, -0.1) is 0 Å². The zero-order valence-corrected chi connectivity index (χ0v) is 24.3. The predicted octanol–water partition coefficient (Wildman–Crippen LogP) is 5.61. The zero-order chi connectivity index (χ0) is 29.5. The fourth-order valence-electron chi connectivity index (χ4n) is 3.85. The number of nitrogens with zero attached hydrogens (tertiary/aromatic N) is 2. The van der Waals surface area contributed by atoms with Crippen LogP contribution in [0.1, 0.15) is 31.4 Å². The van der Waals surface area contributed by atoms with Gasteiger partial charge >= 0.3 is 6.18 Å². The molecule has 7 nitrogen and oxygen atoms in total. The van der Waals surface area contributed by atoms with Gasteiger partial charge in [0.2, 0.25) is 11.8 Å². The first-order valence-corrected chi connectivity index (χ1v) is 14.6. The Morgan fingerprint density at radius 2 is 1.62 bits per heavy atom. The Morgan fingerprint density at radius 1 is 0.975 bits per heavy atom. The molecule has 12 heteroatoms. The summed E-state index contributed by atoms with van der Waals surface area (Å²) in [5.41, 5.74) is -0.730. The predicted molar refractivity (Wildman–Crippen MR) is 150 cm³/mol. The van der Waals surface area contributed by atoms with Gasteiger partial charge in [0.25, 0.3) is 10.0 Å². The average Bonchev–Trinajstić information content (AvgIpc) is 2.93.